The summed E-state index contributed by atoms with van der Waals surface area (Å²) in [6.45, 7) is 1.22. The number of carboxylic acids is 1. The first-order valence-electron chi connectivity index (χ1n) is 7.90. The van der Waals surface area contributed by atoms with Gasteiger partial charge in [0.2, 0.25) is 5.91 Å². The van der Waals surface area contributed by atoms with Crippen LogP contribution in [0, 0.1) is 5.92 Å². The number of aromatic carboxylic acids is 1. The van der Waals surface area contributed by atoms with E-state index >= 15 is 0 Å². The largest absolute Gasteiger partial charge is 0.477 e. The molecule has 8 heteroatoms. The van der Waals surface area contributed by atoms with Gasteiger partial charge in [-0.3, -0.25) is 4.79 Å². The van der Waals surface area contributed by atoms with Crippen LogP contribution in [-0.2, 0) is 4.79 Å². The van der Waals surface area contributed by atoms with Crippen LogP contribution in [0.2, 0.25) is 5.02 Å². The fourth-order valence-electron chi connectivity index (χ4n) is 2.80. The molecule has 1 atom stereocenters. The normalized spacial score (nSPS) is 17.2. The minimum absolute atomic E-state index is 0.00515. The first-order chi connectivity index (χ1) is 12.0. The smallest absolute Gasteiger partial charge is 0.354 e. The highest BCUT2D eigenvalue weighted by molar-refractivity contribution is 6.30. The molecule has 0 saturated carbocycles. The molecule has 1 aliphatic heterocycles. The molecular formula is C17H17ClN4O3. The van der Waals surface area contributed by atoms with Gasteiger partial charge in [0, 0.05) is 19.3 Å². The van der Waals surface area contributed by atoms with Crippen LogP contribution in [0.3, 0.4) is 0 Å². The second-order valence-electron chi connectivity index (χ2n) is 5.82. The third kappa shape index (κ3) is 4.24. The van der Waals surface area contributed by atoms with E-state index < -0.39 is 5.97 Å². The zero-order valence-electron chi connectivity index (χ0n) is 13.4. The van der Waals surface area contributed by atoms with Crippen molar-refractivity contribution in [2.45, 2.75) is 12.8 Å². The van der Waals surface area contributed by atoms with Crippen LogP contribution in [0.25, 0.3) is 0 Å². The number of pyridine rings is 2. The maximum absolute atomic E-state index is 12.5. The molecule has 2 N–H and O–H groups in total. The van der Waals surface area contributed by atoms with Gasteiger partial charge in [-0.2, -0.15) is 0 Å². The highest BCUT2D eigenvalue weighted by Crippen LogP contribution is 2.23. The van der Waals surface area contributed by atoms with Crippen molar-refractivity contribution in [2.75, 3.05) is 23.3 Å². The summed E-state index contributed by atoms with van der Waals surface area (Å²) in [5.41, 5.74) is -0.00515. The lowest BCUT2D eigenvalue weighted by atomic mass is 9.97. The van der Waals surface area contributed by atoms with Gasteiger partial charge in [-0.05, 0) is 37.1 Å². The minimum Gasteiger partial charge on any atom is -0.477 e. The summed E-state index contributed by atoms with van der Waals surface area (Å²) in [4.78, 5) is 33.7. The van der Waals surface area contributed by atoms with Gasteiger partial charge in [0.25, 0.3) is 0 Å². The summed E-state index contributed by atoms with van der Waals surface area (Å²) >= 11 is 5.79. The molecule has 1 amide bonds. The van der Waals surface area contributed by atoms with E-state index in [1.165, 1.54) is 12.3 Å². The predicted octanol–water partition coefficient (Wildman–Crippen LogP) is 2.68. The van der Waals surface area contributed by atoms with Crippen molar-refractivity contribution in [3.05, 3.63) is 47.2 Å². The lowest BCUT2D eigenvalue weighted by molar-refractivity contribution is -0.120. The minimum atomic E-state index is -1.07. The lowest BCUT2D eigenvalue weighted by Crippen LogP contribution is -2.41. The third-order valence-electron chi connectivity index (χ3n) is 4.05. The number of aromatic nitrogens is 2. The van der Waals surface area contributed by atoms with Crippen LogP contribution in [0.4, 0.5) is 11.6 Å². The van der Waals surface area contributed by atoms with Gasteiger partial charge >= 0.3 is 5.97 Å². The molecule has 3 rings (SSSR count). The molecule has 7 nitrogen and oxygen atoms in total. The molecule has 1 unspecified atom stereocenters. The first-order valence-corrected chi connectivity index (χ1v) is 8.28. The number of nitrogens with zero attached hydrogens (tertiary/aromatic N) is 3. The molecular weight excluding hydrogens is 344 g/mol. The lowest BCUT2D eigenvalue weighted by Gasteiger charge is -2.32. The summed E-state index contributed by atoms with van der Waals surface area (Å²) in [6.07, 6.45) is 3.06. The Balaban J connectivity index is 1.68. The standard InChI is InChI=1S/C17H17ClN4O3/c18-12-6-7-14(19-9-12)21-16(23)11-3-2-8-22(10-11)15-5-1-4-13(20-15)17(24)25/h1,4-7,9,11H,2-3,8,10H2,(H,24,25)(H,19,21,23). The Hall–Kier alpha value is -2.67. The fraction of sp³-hybridized carbons (Fsp3) is 0.294. The number of hydrogen-bond acceptors (Lipinski definition) is 5. The van der Waals surface area contributed by atoms with E-state index in [0.29, 0.717) is 23.2 Å². The highest BCUT2D eigenvalue weighted by atomic mass is 35.5. The third-order valence-corrected chi connectivity index (χ3v) is 4.27. The van der Waals surface area contributed by atoms with Crippen molar-refractivity contribution in [1.82, 2.24) is 9.97 Å². The number of nitrogens with one attached hydrogen (secondary N) is 1. The molecule has 0 aromatic carbocycles. The van der Waals surface area contributed by atoms with Crippen LogP contribution >= 0.6 is 11.6 Å². The number of rotatable bonds is 4. The topological polar surface area (TPSA) is 95.4 Å². The average molecular weight is 361 g/mol. The Morgan fingerprint density at radius 3 is 2.84 bits per heavy atom. The Bertz CT molecular complexity index is 782. The molecule has 0 radical (unpaired) electrons. The highest BCUT2D eigenvalue weighted by Gasteiger charge is 2.27. The first kappa shape index (κ1) is 17.2. The molecule has 25 heavy (non-hydrogen) atoms. The van der Waals surface area contributed by atoms with E-state index in [-0.39, 0.29) is 17.5 Å². The van der Waals surface area contributed by atoms with E-state index in [2.05, 4.69) is 15.3 Å². The molecule has 130 valence electrons. The van der Waals surface area contributed by atoms with Gasteiger partial charge in [-0.25, -0.2) is 14.8 Å². The number of carboxylic acid groups (broad SMARTS) is 1. The van der Waals surface area contributed by atoms with Gasteiger partial charge in [0.1, 0.15) is 11.6 Å². The van der Waals surface area contributed by atoms with Gasteiger partial charge in [-0.1, -0.05) is 17.7 Å². The Morgan fingerprint density at radius 1 is 1.28 bits per heavy atom. The van der Waals surface area contributed by atoms with E-state index in [4.69, 9.17) is 16.7 Å². The maximum atomic E-state index is 12.5. The van der Waals surface area contributed by atoms with Crippen molar-refractivity contribution < 1.29 is 14.7 Å². The molecule has 2 aromatic rings. The molecule has 1 fully saturated rings. The number of piperidine rings is 1. The number of hydrogen-bond donors (Lipinski definition) is 2. The van der Waals surface area contributed by atoms with Crippen molar-refractivity contribution in [1.29, 1.82) is 0 Å². The second-order valence-corrected chi connectivity index (χ2v) is 6.26. The maximum Gasteiger partial charge on any atom is 0.354 e. The van der Waals surface area contributed by atoms with Crippen molar-refractivity contribution >= 4 is 35.1 Å². The van der Waals surface area contributed by atoms with Gasteiger partial charge in [-0.15, -0.1) is 0 Å². The zero-order chi connectivity index (χ0) is 17.8. The Labute approximate surface area is 149 Å². The molecule has 0 spiro atoms. The fourth-order valence-corrected chi connectivity index (χ4v) is 2.91. The number of amides is 1. The van der Waals surface area contributed by atoms with Crippen molar-refractivity contribution in [3.8, 4) is 0 Å². The Morgan fingerprint density at radius 2 is 2.12 bits per heavy atom. The Kier molecular flexibility index (Phi) is 5.14. The van der Waals surface area contributed by atoms with E-state index in [9.17, 15) is 9.59 Å². The summed E-state index contributed by atoms with van der Waals surface area (Å²) in [6, 6.07) is 8.18. The quantitative estimate of drug-likeness (QED) is 0.870. The van der Waals surface area contributed by atoms with Gasteiger partial charge in [0.05, 0.1) is 10.9 Å². The summed E-state index contributed by atoms with van der Waals surface area (Å²) < 4.78 is 0. The molecule has 3 heterocycles. The summed E-state index contributed by atoms with van der Waals surface area (Å²) in [5, 5.41) is 12.4. The number of anilines is 2. The van der Waals surface area contributed by atoms with E-state index in [1.807, 2.05) is 4.90 Å². The summed E-state index contributed by atoms with van der Waals surface area (Å²) in [7, 11) is 0. The van der Waals surface area contributed by atoms with Crippen LogP contribution in [-0.4, -0.2) is 40.0 Å². The number of carbonyl (C=O) groups excluding carboxylic acids is 1. The van der Waals surface area contributed by atoms with Crippen LogP contribution in [0.5, 0.6) is 0 Å². The van der Waals surface area contributed by atoms with Gasteiger partial charge in [0.15, 0.2) is 5.69 Å². The molecule has 2 aromatic heterocycles. The van der Waals surface area contributed by atoms with Crippen molar-refractivity contribution in [3.63, 3.8) is 0 Å². The monoisotopic (exact) mass is 360 g/mol. The second kappa shape index (κ2) is 7.48. The molecule has 1 saturated heterocycles. The van der Waals surface area contributed by atoms with E-state index in [1.54, 1.807) is 24.3 Å². The average Bonchev–Trinajstić information content (AvgIpc) is 2.64. The zero-order valence-corrected chi connectivity index (χ0v) is 14.1. The molecule has 0 bridgehead atoms. The van der Waals surface area contributed by atoms with Crippen LogP contribution in [0.1, 0.15) is 23.3 Å². The number of halogens is 1. The van der Waals surface area contributed by atoms with Crippen LogP contribution < -0.4 is 10.2 Å². The van der Waals surface area contributed by atoms with Crippen molar-refractivity contribution in [2.24, 2.45) is 5.92 Å². The molecule has 1 aliphatic rings. The molecule has 0 aliphatic carbocycles. The summed E-state index contributed by atoms with van der Waals surface area (Å²) in [5.74, 6) is -0.378. The van der Waals surface area contributed by atoms with Crippen LogP contribution in [0.15, 0.2) is 36.5 Å². The number of carbonyl (C=O) groups is 2. The predicted molar refractivity (Wildman–Crippen MR) is 94.0 cm³/mol. The SMILES string of the molecule is O=C(O)c1cccc(N2CCCC(C(=O)Nc3ccc(Cl)cn3)C2)n1. The van der Waals surface area contributed by atoms with Gasteiger partial charge < -0.3 is 15.3 Å². The van der Waals surface area contributed by atoms with E-state index in [0.717, 1.165) is 19.4 Å².